The number of aliphatic hydroxyl groups is 1. The molecule has 228 valence electrons. The number of para-hydroxylation sites is 1. The zero-order chi connectivity index (χ0) is 30.3. The lowest BCUT2D eigenvalue weighted by Crippen LogP contribution is -2.49. The largest absolute Gasteiger partial charge is 0.486 e. The first kappa shape index (κ1) is 30.8. The lowest BCUT2D eigenvalue weighted by Gasteiger charge is -2.38. The molecule has 1 aliphatic carbocycles. The smallest absolute Gasteiger partial charge is 0.258 e. The Morgan fingerprint density at radius 3 is 2.40 bits per heavy atom. The Kier molecular flexibility index (Phi) is 10.2. The minimum absolute atomic E-state index is 0.00698. The van der Waals surface area contributed by atoms with E-state index in [2.05, 4.69) is 60.6 Å². The monoisotopic (exact) mass is 583 g/mol. The quantitative estimate of drug-likeness (QED) is 0.312. The van der Waals surface area contributed by atoms with E-state index in [1.807, 2.05) is 31.2 Å². The molecule has 2 N–H and O–H groups in total. The third kappa shape index (κ3) is 7.46. The summed E-state index contributed by atoms with van der Waals surface area (Å²) in [5.74, 6) is 0.184. The molecule has 0 radical (unpaired) electrons. The Balaban J connectivity index is 1.37. The lowest BCUT2D eigenvalue weighted by molar-refractivity contribution is -0.120. The van der Waals surface area contributed by atoms with Crippen LogP contribution < -0.4 is 10.1 Å². The number of ether oxygens (including phenoxy) is 1. The van der Waals surface area contributed by atoms with Crippen LogP contribution in [-0.4, -0.2) is 65.6 Å². The van der Waals surface area contributed by atoms with Crippen molar-refractivity contribution in [1.29, 1.82) is 0 Å². The highest BCUT2D eigenvalue weighted by atomic mass is 16.5. The van der Waals surface area contributed by atoms with Gasteiger partial charge in [-0.05, 0) is 55.6 Å². The van der Waals surface area contributed by atoms with Crippen molar-refractivity contribution in [2.45, 2.75) is 64.6 Å². The summed E-state index contributed by atoms with van der Waals surface area (Å²) in [6.07, 6.45) is 4.83. The van der Waals surface area contributed by atoms with Crippen LogP contribution in [0.1, 0.15) is 61.9 Å². The van der Waals surface area contributed by atoms with Gasteiger partial charge in [0.25, 0.3) is 5.91 Å². The van der Waals surface area contributed by atoms with Crippen molar-refractivity contribution >= 4 is 17.5 Å². The number of anilines is 1. The molecular formula is C36H45N3O4. The van der Waals surface area contributed by atoms with Crippen molar-refractivity contribution in [2.24, 2.45) is 11.8 Å². The second-order valence-corrected chi connectivity index (χ2v) is 12.4. The van der Waals surface area contributed by atoms with Crippen LogP contribution in [0.2, 0.25) is 0 Å². The molecule has 7 heteroatoms. The topological polar surface area (TPSA) is 82.1 Å². The first-order chi connectivity index (χ1) is 20.8. The zero-order valence-electron chi connectivity index (χ0n) is 25.7. The van der Waals surface area contributed by atoms with Crippen LogP contribution in [0.25, 0.3) is 11.1 Å². The maximum absolute atomic E-state index is 13.8. The fourth-order valence-corrected chi connectivity index (χ4v) is 6.28. The highest BCUT2D eigenvalue weighted by Gasteiger charge is 2.35. The summed E-state index contributed by atoms with van der Waals surface area (Å²) in [4.78, 5) is 31.0. The van der Waals surface area contributed by atoms with Crippen LogP contribution in [0, 0.1) is 11.8 Å². The molecule has 43 heavy (non-hydrogen) atoms. The molecule has 7 nitrogen and oxygen atoms in total. The minimum Gasteiger partial charge on any atom is -0.486 e. The molecule has 2 amide bonds. The predicted octanol–water partition coefficient (Wildman–Crippen LogP) is 6.22. The van der Waals surface area contributed by atoms with E-state index in [0.717, 1.165) is 32.2 Å². The first-order valence-electron chi connectivity index (χ1n) is 15.7. The van der Waals surface area contributed by atoms with Crippen molar-refractivity contribution in [3.63, 3.8) is 0 Å². The van der Waals surface area contributed by atoms with Crippen LogP contribution in [0.15, 0.2) is 72.8 Å². The van der Waals surface area contributed by atoms with E-state index in [1.165, 1.54) is 23.1 Å². The summed E-state index contributed by atoms with van der Waals surface area (Å²) in [6, 6.07) is 24.0. The predicted molar refractivity (Wildman–Crippen MR) is 171 cm³/mol. The number of nitrogens with one attached hydrogen (secondary N) is 1. The van der Waals surface area contributed by atoms with Crippen LogP contribution in [-0.2, 0) is 11.3 Å². The van der Waals surface area contributed by atoms with E-state index in [0.29, 0.717) is 30.1 Å². The molecule has 1 saturated carbocycles. The maximum Gasteiger partial charge on any atom is 0.258 e. The van der Waals surface area contributed by atoms with Gasteiger partial charge in [0.05, 0.1) is 23.9 Å². The lowest BCUT2D eigenvalue weighted by atomic mass is 9.88. The van der Waals surface area contributed by atoms with Gasteiger partial charge in [0.15, 0.2) is 5.75 Å². The van der Waals surface area contributed by atoms with Crippen molar-refractivity contribution in [3.8, 4) is 16.9 Å². The second-order valence-electron chi connectivity index (χ2n) is 12.4. The van der Waals surface area contributed by atoms with Crippen LogP contribution >= 0.6 is 0 Å². The van der Waals surface area contributed by atoms with Crippen LogP contribution in [0.4, 0.5) is 5.69 Å². The average molecular weight is 584 g/mol. The van der Waals surface area contributed by atoms with Crippen molar-refractivity contribution in [1.82, 2.24) is 9.80 Å². The van der Waals surface area contributed by atoms with Gasteiger partial charge in [0.2, 0.25) is 5.91 Å². The number of rotatable bonds is 9. The Hall–Kier alpha value is -3.68. The normalized spacial score (nSPS) is 20.1. The van der Waals surface area contributed by atoms with E-state index in [-0.39, 0.29) is 42.4 Å². The fraction of sp³-hybridized carbons (Fsp3) is 0.444. The van der Waals surface area contributed by atoms with Crippen LogP contribution in [0.3, 0.4) is 0 Å². The Morgan fingerprint density at radius 1 is 1.00 bits per heavy atom. The van der Waals surface area contributed by atoms with E-state index >= 15 is 0 Å². The Morgan fingerprint density at radius 2 is 1.70 bits per heavy atom. The number of hydrogen-bond donors (Lipinski definition) is 2. The Bertz CT molecular complexity index is 1370. The average Bonchev–Trinajstić information content (AvgIpc) is 3.03. The number of amides is 2. The van der Waals surface area contributed by atoms with Crippen LogP contribution in [0.5, 0.6) is 5.75 Å². The van der Waals surface area contributed by atoms with Gasteiger partial charge < -0.3 is 20.1 Å². The molecule has 3 aromatic carbocycles. The van der Waals surface area contributed by atoms with Crippen molar-refractivity contribution in [2.75, 3.05) is 32.1 Å². The number of likely N-dealkylation sites (N-methyl/N-ethyl adjacent to an activating group) is 1. The minimum atomic E-state index is -0.345. The SMILES string of the molecule is C[C@@H]1CN([C@@H](C)CO)C(=O)c2cccc(NC(=O)C3CCCCC3)c2O[C@@H]1CN(C)Cc1ccc(-c2ccccc2)cc1. The van der Waals surface area contributed by atoms with E-state index in [4.69, 9.17) is 4.74 Å². The second kappa shape index (κ2) is 14.2. The highest BCUT2D eigenvalue weighted by Crippen LogP contribution is 2.36. The van der Waals surface area contributed by atoms with E-state index < -0.39 is 0 Å². The summed E-state index contributed by atoms with van der Waals surface area (Å²) in [5, 5.41) is 13.1. The van der Waals surface area contributed by atoms with Gasteiger partial charge in [0.1, 0.15) is 6.10 Å². The summed E-state index contributed by atoms with van der Waals surface area (Å²) in [6.45, 7) is 5.65. The van der Waals surface area contributed by atoms with Crippen molar-refractivity contribution < 1.29 is 19.4 Å². The summed E-state index contributed by atoms with van der Waals surface area (Å²) in [5.41, 5.74) is 4.54. The molecule has 0 aromatic heterocycles. The number of fused-ring (bicyclic) bond motifs is 1. The van der Waals surface area contributed by atoms with Gasteiger partial charge in [-0.25, -0.2) is 0 Å². The molecule has 0 unspecified atom stereocenters. The molecule has 3 aromatic rings. The summed E-state index contributed by atoms with van der Waals surface area (Å²) in [7, 11) is 2.08. The molecule has 1 heterocycles. The molecule has 1 fully saturated rings. The highest BCUT2D eigenvalue weighted by molar-refractivity contribution is 6.02. The van der Waals surface area contributed by atoms with Crippen molar-refractivity contribution in [3.05, 3.63) is 83.9 Å². The zero-order valence-corrected chi connectivity index (χ0v) is 25.7. The maximum atomic E-state index is 13.8. The van der Waals surface area contributed by atoms with Gasteiger partial charge in [-0.2, -0.15) is 0 Å². The molecule has 0 saturated heterocycles. The summed E-state index contributed by atoms with van der Waals surface area (Å²) >= 11 is 0. The number of aliphatic hydroxyl groups excluding tert-OH is 1. The van der Waals surface area contributed by atoms with Gasteiger partial charge in [-0.15, -0.1) is 0 Å². The molecule has 0 bridgehead atoms. The first-order valence-corrected chi connectivity index (χ1v) is 15.7. The molecule has 5 rings (SSSR count). The molecule has 0 spiro atoms. The Labute approximate surface area is 255 Å². The standard InChI is InChI=1S/C36H45N3O4/c1-25-21-39(26(2)24-40)36(42)31-15-10-16-32(37-35(41)30-13-8-5-9-14-30)34(31)43-33(25)23-38(3)22-27-17-19-29(20-18-27)28-11-6-4-7-12-28/h4,6-7,10-12,15-20,25-26,30,33,40H,5,8-9,13-14,21-24H2,1-3H3,(H,37,41)/t25-,26+,33-/m1/s1. The third-order valence-corrected chi connectivity index (χ3v) is 8.93. The fourth-order valence-electron chi connectivity index (χ4n) is 6.28. The van der Waals surface area contributed by atoms with Gasteiger partial charge in [-0.3, -0.25) is 14.5 Å². The molecular weight excluding hydrogens is 538 g/mol. The van der Waals surface area contributed by atoms with Gasteiger partial charge >= 0.3 is 0 Å². The number of nitrogens with zero attached hydrogens (tertiary/aromatic N) is 2. The van der Waals surface area contributed by atoms with Gasteiger partial charge in [-0.1, -0.05) is 86.8 Å². The van der Waals surface area contributed by atoms with Gasteiger partial charge in [0, 0.05) is 31.5 Å². The molecule has 1 aliphatic heterocycles. The number of carbonyl (C=O) groups is 2. The number of benzene rings is 3. The number of carbonyl (C=O) groups excluding carboxylic acids is 2. The molecule has 3 atom stereocenters. The summed E-state index contributed by atoms with van der Waals surface area (Å²) < 4.78 is 6.72. The third-order valence-electron chi connectivity index (χ3n) is 8.93. The molecule has 2 aliphatic rings. The van der Waals surface area contributed by atoms with E-state index in [1.54, 1.807) is 17.0 Å². The van der Waals surface area contributed by atoms with E-state index in [9.17, 15) is 14.7 Å². The number of hydrogen-bond acceptors (Lipinski definition) is 5.